The number of hydrogen-bond acceptors (Lipinski definition) is 5. The van der Waals surface area contributed by atoms with Crippen molar-refractivity contribution in [2.45, 2.75) is 25.4 Å². The van der Waals surface area contributed by atoms with Gasteiger partial charge in [0.25, 0.3) is 0 Å². The number of hydrogen-bond donors (Lipinski definition) is 1. The molecular formula is C19H28N2O2S. The van der Waals surface area contributed by atoms with Crippen molar-refractivity contribution in [3.8, 4) is 11.5 Å². The van der Waals surface area contributed by atoms with E-state index >= 15 is 0 Å². The van der Waals surface area contributed by atoms with Gasteiger partial charge in [0.1, 0.15) is 0 Å². The largest absolute Gasteiger partial charge is 0.493 e. The Hall–Kier alpha value is -1.56. The Morgan fingerprint density at radius 2 is 1.88 bits per heavy atom. The fourth-order valence-corrected chi connectivity index (χ4v) is 3.69. The van der Waals surface area contributed by atoms with Crippen LogP contribution in [0, 0.1) is 0 Å². The van der Waals surface area contributed by atoms with Gasteiger partial charge in [0.05, 0.1) is 20.3 Å². The topological polar surface area (TPSA) is 33.7 Å². The minimum atomic E-state index is 0.380. The molecule has 0 fully saturated rings. The molecule has 0 aliphatic carbocycles. The van der Waals surface area contributed by atoms with Crippen LogP contribution in [0.15, 0.2) is 35.7 Å². The maximum atomic E-state index is 5.39. The van der Waals surface area contributed by atoms with Crippen molar-refractivity contribution < 1.29 is 9.47 Å². The Balaban J connectivity index is 1.94. The predicted molar refractivity (Wildman–Crippen MR) is 101 cm³/mol. The van der Waals surface area contributed by atoms with Crippen LogP contribution in [0.3, 0.4) is 0 Å². The molecule has 0 saturated heterocycles. The molecule has 2 atom stereocenters. The lowest BCUT2D eigenvalue weighted by molar-refractivity contribution is 0.285. The molecule has 2 unspecified atom stereocenters. The zero-order chi connectivity index (χ0) is 17.5. The summed E-state index contributed by atoms with van der Waals surface area (Å²) in [7, 11) is 7.59. The van der Waals surface area contributed by atoms with E-state index in [1.165, 1.54) is 10.4 Å². The normalized spacial score (nSPS) is 13.8. The highest BCUT2D eigenvalue weighted by atomic mass is 32.1. The van der Waals surface area contributed by atoms with E-state index in [0.29, 0.717) is 12.1 Å². The standard InChI is InChI=1S/C19H28N2O2S/c1-14(11-15-8-9-17(22-4)18(12-15)23-5)20-13-16(21(2)3)19-7-6-10-24-19/h6-10,12,14,16,20H,11,13H2,1-5H3. The lowest BCUT2D eigenvalue weighted by atomic mass is 10.1. The Labute approximate surface area is 149 Å². The van der Waals surface area contributed by atoms with Gasteiger partial charge in [-0.15, -0.1) is 11.3 Å². The summed E-state index contributed by atoms with van der Waals surface area (Å²) in [6, 6.07) is 11.2. The third-order valence-corrected chi connectivity index (χ3v) is 5.12. The van der Waals surface area contributed by atoms with Gasteiger partial charge in [-0.05, 0) is 56.6 Å². The zero-order valence-electron chi connectivity index (χ0n) is 15.2. The number of nitrogens with one attached hydrogen (secondary N) is 1. The first kappa shape index (κ1) is 18.8. The Bertz CT molecular complexity index is 614. The zero-order valence-corrected chi connectivity index (χ0v) is 16.0. The number of likely N-dealkylation sites (N-methyl/N-ethyl adjacent to an activating group) is 1. The average Bonchev–Trinajstić information content (AvgIpc) is 3.08. The van der Waals surface area contributed by atoms with Crippen molar-refractivity contribution in [1.82, 2.24) is 10.2 Å². The summed E-state index contributed by atoms with van der Waals surface area (Å²) in [6.07, 6.45) is 0.949. The van der Waals surface area contributed by atoms with Crippen molar-refractivity contribution in [3.05, 3.63) is 46.2 Å². The Morgan fingerprint density at radius 3 is 2.46 bits per heavy atom. The van der Waals surface area contributed by atoms with E-state index in [2.05, 4.69) is 60.9 Å². The van der Waals surface area contributed by atoms with Crippen LogP contribution >= 0.6 is 11.3 Å². The van der Waals surface area contributed by atoms with Crippen molar-refractivity contribution in [2.75, 3.05) is 34.9 Å². The van der Waals surface area contributed by atoms with E-state index in [1.807, 2.05) is 17.4 Å². The molecule has 2 rings (SSSR count). The smallest absolute Gasteiger partial charge is 0.160 e. The highest BCUT2D eigenvalue weighted by Gasteiger charge is 2.16. The molecule has 24 heavy (non-hydrogen) atoms. The van der Waals surface area contributed by atoms with Crippen LogP contribution in [0.2, 0.25) is 0 Å². The molecule has 0 aliphatic heterocycles. The molecule has 0 amide bonds. The summed E-state index contributed by atoms with van der Waals surface area (Å²) >= 11 is 1.81. The molecule has 1 N–H and O–H groups in total. The first-order valence-electron chi connectivity index (χ1n) is 8.19. The maximum Gasteiger partial charge on any atom is 0.160 e. The molecule has 1 aromatic heterocycles. The summed E-state index contributed by atoms with van der Waals surface area (Å²) in [5, 5.41) is 5.80. The molecule has 132 valence electrons. The van der Waals surface area contributed by atoms with Gasteiger partial charge in [-0.25, -0.2) is 0 Å². The predicted octanol–water partition coefficient (Wildman–Crippen LogP) is 3.59. The number of rotatable bonds is 9. The molecule has 0 radical (unpaired) electrons. The van der Waals surface area contributed by atoms with E-state index in [9.17, 15) is 0 Å². The Morgan fingerprint density at radius 1 is 1.12 bits per heavy atom. The van der Waals surface area contributed by atoms with Gasteiger partial charge in [-0.3, -0.25) is 0 Å². The molecule has 0 saturated carbocycles. The number of benzene rings is 1. The van der Waals surface area contributed by atoms with Gasteiger partial charge in [0.2, 0.25) is 0 Å². The molecule has 1 aromatic carbocycles. The Kier molecular flexibility index (Phi) is 7.09. The molecule has 0 aliphatic rings. The molecule has 4 nitrogen and oxygen atoms in total. The third-order valence-electron chi connectivity index (χ3n) is 4.14. The van der Waals surface area contributed by atoms with E-state index in [1.54, 1.807) is 14.2 Å². The summed E-state index contributed by atoms with van der Waals surface area (Å²) in [4.78, 5) is 3.66. The van der Waals surface area contributed by atoms with E-state index in [-0.39, 0.29) is 0 Å². The molecule has 2 aromatic rings. The highest BCUT2D eigenvalue weighted by Crippen LogP contribution is 2.28. The number of thiophene rings is 1. The van der Waals surface area contributed by atoms with E-state index in [4.69, 9.17) is 9.47 Å². The molecule has 0 spiro atoms. The second kappa shape index (κ2) is 9.06. The minimum absolute atomic E-state index is 0.380. The number of ether oxygens (including phenoxy) is 2. The second-order valence-electron chi connectivity index (χ2n) is 6.20. The fourth-order valence-electron chi connectivity index (χ4n) is 2.76. The van der Waals surface area contributed by atoms with Gasteiger partial charge in [-0.2, -0.15) is 0 Å². The summed E-state index contributed by atoms with van der Waals surface area (Å²) < 4.78 is 10.7. The quantitative estimate of drug-likeness (QED) is 0.751. The van der Waals surface area contributed by atoms with Crippen LogP contribution in [0.4, 0.5) is 0 Å². The summed E-state index contributed by atoms with van der Waals surface area (Å²) in [5.74, 6) is 1.55. The summed E-state index contributed by atoms with van der Waals surface area (Å²) in [5.41, 5.74) is 1.24. The van der Waals surface area contributed by atoms with Gasteiger partial charge < -0.3 is 19.7 Å². The van der Waals surface area contributed by atoms with Gasteiger partial charge in [-0.1, -0.05) is 12.1 Å². The van der Waals surface area contributed by atoms with Gasteiger partial charge in [0, 0.05) is 17.5 Å². The van der Waals surface area contributed by atoms with Crippen LogP contribution in [0.5, 0.6) is 11.5 Å². The molecular weight excluding hydrogens is 320 g/mol. The van der Waals surface area contributed by atoms with Crippen LogP contribution in [-0.2, 0) is 6.42 Å². The molecule has 5 heteroatoms. The molecule has 0 bridgehead atoms. The van der Waals surface area contributed by atoms with Crippen molar-refractivity contribution >= 4 is 11.3 Å². The van der Waals surface area contributed by atoms with Crippen LogP contribution in [0.25, 0.3) is 0 Å². The fraction of sp³-hybridized carbons (Fsp3) is 0.474. The first-order chi connectivity index (χ1) is 11.5. The molecule has 1 heterocycles. The number of nitrogens with zero attached hydrogens (tertiary/aromatic N) is 1. The second-order valence-corrected chi connectivity index (χ2v) is 7.18. The third kappa shape index (κ3) is 4.97. The maximum absolute atomic E-state index is 5.39. The van der Waals surface area contributed by atoms with Crippen molar-refractivity contribution in [1.29, 1.82) is 0 Å². The lowest BCUT2D eigenvalue weighted by Gasteiger charge is -2.25. The number of methoxy groups -OCH3 is 2. The first-order valence-corrected chi connectivity index (χ1v) is 9.07. The average molecular weight is 349 g/mol. The van der Waals surface area contributed by atoms with Crippen molar-refractivity contribution in [3.63, 3.8) is 0 Å². The SMILES string of the molecule is COc1ccc(CC(C)NCC(c2cccs2)N(C)C)cc1OC. The van der Waals surface area contributed by atoms with Gasteiger partial charge in [0.15, 0.2) is 11.5 Å². The highest BCUT2D eigenvalue weighted by molar-refractivity contribution is 7.10. The van der Waals surface area contributed by atoms with Crippen LogP contribution in [0.1, 0.15) is 23.4 Å². The van der Waals surface area contributed by atoms with E-state index in [0.717, 1.165) is 24.5 Å². The summed E-state index contributed by atoms with van der Waals surface area (Å²) in [6.45, 7) is 3.15. The van der Waals surface area contributed by atoms with Gasteiger partial charge >= 0.3 is 0 Å². The van der Waals surface area contributed by atoms with Crippen LogP contribution < -0.4 is 14.8 Å². The minimum Gasteiger partial charge on any atom is -0.493 e. The van der Waals surface area contributed by atoms with E-state index < -0.39 is 0 Å². The monoisotopic (exact) mass is 348 g/mol. The lowest BCUT2D eigenvalue weighted by Crippen LogP contribution is -2.36. The van der Waals surface area contributed by atoms with Crippen LogP contribution in [-0.4, -0.2) is 45.8 Å². The van der Waals surface area contributed by atoms with Crippen molar-refractivity contribution in [2.24, 2.45) is 0 Å².